The number of halogens is 6. The highest BCUT2D eigenvalue weighted by Gasteiger charge is 2.28. The molecule has 0 aliphatic rings. The van der Waals surface area contributed by atoms with Crippen molar-refractivity contribution in [2.45, 2.75) is 19.8 Å². The number of nitrogens with zero attached hydrogens (tertiary/aromatic N) is 7. The monoisotopic (exact) mass is 823 g/mol. The van der Waals surface area contributed by atoms with Gasteiger partial charge in [0.2, 0.25) is 0 Å². The summed E-state index contributed by atoms with van der Waals surface area (Å²) in [6, 6.07) is 3.26. The maximum atomic E-state index is 12.4. The third-order valence-electron chi connectivity index (χ3n) is 4.04. The lowest BCUT2D eigenvalue weighted by Gasteiger charge is -2.21. The predicted octanol–water partition coefficient (Wildman–Crippen LogP) is 8.00. The third-order valence-corrected chi connectivity index (χ3v) is 9.71. The molecule has 1 amide bonds. The van der Waals surface area contributed by atoms with Crippen LogP contribution in [0.2, 0.25) is 20.4 Å². The van der Waals surface area contributed by atoms with E-state index < -0.39 is 6.09 Å². The number of aromatic nitrogens is 6. The van der Waals surface area contributed by atoms with E-state index in [1.807, 2.05) is 45.2 Å². The fraction of sp³-hybridized carbons (Fsp3) is 0. The average Bonchev–Trinajstić information content (AvgIpc) is 2.82. The molecular weight excluding hydrogens is 818 g/mol. The molecular formula is C19H7Cl4I2N7O2S2. The van der Waals surface area contributed by atoms with Crippen molar-refractivity contribution < 1.29 is 9.90 Å². The highest BCUT2D eigenvalue weighted by molar-refractivity contribution is 14.1. The van der Waals surface area contributed by atoms with Gasteiger partial charge in [0.05, 0.1) is 22.4 Å². The summed E-state index contributed by atoms with van der Waals surface area (Å²) in [6.07, 6.45) is 4.28. The minimum absolute atomic E-state index is 0.0616. The Bertz CT molecular complexity index is 1390. The lowest BCUT2D eigenvalue weighted by atomic mass is 10.4. The minimum Gasteiger partial charge on any atom is -0.464 e. The van der Waals surface area contributed by atoms with Crippen LogP contribution in [0, 0.1) is 7.40 Å². The van der Waals surface area contributed by atoms with Crippen molar-refractivity contribution in [1.82, 2.24) is 29.9 Å². The first-order valence-corrected chi connectivity index (χ1v) is 14.5. The van der Waals surface area contributed by atoms with Gasteiger partial charge >= 0.3 is 6.09 Å². The Labute approximate surface area is 259 Å². The Morgan fingerprint density at radius 2 is 1.19 bits per heavy atom. The summed E-state index contributed by atoms with van der Waals surface area (Å²) in [7, 11) is 0. The molecule has 4 aromatic rings. The second kappa shape index (κ2) is 12.3. The molecule has 17 heteroatoms. The number of hydrogen-bond donors (Lipinski definition) is 1. The Hall–Kier alpha value is -0.950. The van der Waals surface area contributed by atoms with Crippen LogP contribution in [0.15, 0.2) is 56.8 Å². The van der Waals surface area contributed by atoms with Crippen LogP contribution in [0.1, 0.15) is 0 Å². The van der Waals surface area contributed by atoms with Gasteiger partial charge in [-0.15, -0.1) is 0 Å². The lowest BCUT2D eigenvalue weighted by Crippen LogP contribution is -2.26. The second-order valence-electron chi connectivity index (χ2n) is 6.29. The summed E-state index contributed by atoms with van der Waals surface area (Å²) < 4.78 is 1.12. The van der Waals surface area contributed by atoms with E-state index in [1.54, 1.807) is 12.1 Å². The molecule has 0 atom stereocenters. The second-order valence-corrected chi connectivity index (χ2v) is 11.9. The normalized spacial score (nSPS) is 10.9. The van der Waals surface area contributed by atoms with E-state index in [0.29, 0.717) is 27.2 Å². The number of amides is 1. The van der Waals surface area contributed by atoms with Crippen LogP contribution in [-0.4, -0.2) is 41.1 Å². The SMILES string of the molecule is O=C(O)N(c1nccc(Sc2ncc(Cl)nc2I)c1Cl)c1nccc(Sc2ncc(Cl)nc2I)c1Cl. The van der Waals surface area contributed by atoms with Gasteiger partial charge in [0, 0.05) is 22.2 Å². The molecule has 4 aromatic heterocycles. The Morgan fingerprint density at radius 1 is 0.778 bits per heavy atom. The molecule has 36 heavy (non-hydrogen) atoms. The third kappa shape index (κ3) is 6.36. The van der Waals surface area contributed by atoms with Crippen LogP contribution in [0.3, 0.4) is 0 Å². The Kier molecular flexibility index (Phi) is 9.57. The van der Waals surface area contributed by atoms with Crippen molar-refractivity contribution in [1.29, 1.82) is 0 Å². The summed E-state index contributed by atoms with van der Waals surface area (Å²) in [4.78, 5) is 39.4. The van der Waals surface area contributed by atoms with Crippen molar-refractivity contribution in [3.05, 3.63) is 64.7 Å². The first-order valence-electron chi connectivity index (χ1n) is 9.19. The molecule has 0 fully saturated rings. The number of pyridine rings is 2. The first kappa shape index (κ1) is 28.1. The molecule has 9 nitrogen and oxygen atoms in total. The van der Waals surface area contributed by atoms with Gasteiger partial charge < -0.3 is 5.11 Å². The van der Waals surface area contributed by atoms with E-state index in [1.165, 1.54) is 48.3 Å². The molecule has 1 N–H and O–H groups in total. The van der Waals surface area contributed by atoms with Gasteiger partial charge in [-0.1, -0.05) is 69.9 Å². The Balaban J connectivity index is 1.73. The standard InChI is InChI=1S/C19H7Cl4I2N7O2S2/c20-9-5-28-17(13(24)30-9)35-7-1-3-26-15(11(7)22)32(19(33)34)16-12(23)8(2-4-27-16)36-18-14(25)31-10(21)6-29-18/h1-6H,(H,33,34). The van der Waals surface area contributed by atoms with Crippen molar-refractivity contribution in [2.75, 3.05) is 4.90 Å². The molecule has 0 aliphatic heterocycles. The summed E-state index contributed by atoms with van der Waals surface area (Å²) >= 11 is 31.4. The summed E-state index contributed by atoms with van der Waals surface area (Å²) in [5.74, 6) is -0.160. The molecule has 0 unspecified atom stereocenters. The maximum absolute atomic E-state index is 12.4. The highest BCUT2D eigenvalue weighted by atomic mass is 127. The summed E-state index contributed by atoms with van der Waals surface area (Å²) in [6.45, 7) is 0. The van der Waals surface area contributed by atoms with Crippen LogP contribution >= 0.6 is 115 Å². The zero-order valence-electron chi connectivity index (χ0n) is 17.0. The van der Waals surface area contributed by atoms with Gasteiger partial charge in [0.25, 0.3) is 0 Å². The van der Waals surface area contributed by atoms with E-state index in [9.17, 15) is 9.90 Å². The predicted molar refractivity (Wildman–Crippen MR) is 156 cm³/mol. The molecule has 0 radical (unpaired) electrons. The van der Waals surface area contributed by atoms with Crippen LogP contribution in [-0.2, 0) is 0 Å². The molecule has 0 aromatic carbocycles. The number of carboxylic acid groups (broad SMARTS) is 1. The van der Waals surface area contributed by atoms with Gasteiger partial charge in [0.15, 0.2) is 11.6 Å². The summed E-state index contributed by atoms with van der Waals surface area (Å²) in [5, 5.41) is 11.8. The number of carbonyl (C=O) groups is 1. The minimum atomic E-state index is -1.38. The quantitative estimate of drug-likeness (QED) is 0.192. The van der Waals surface area contributed by atoms with Gasteiger partial charge in [-0.05, 0) is 57.3 Å². The van der Waals surface area contributed by atoms with E-state index in [4.69, 9.17) is 46.4 Å². The van der Waals surface area contributed by atoms with E-state index >= 15 is 0 Å². The van der Waals surface area contributed by atoms with E-state index in [2.05, 4.69) is 29.9 Å². The summed E-state index contributed by atoms with van der Waals surface area (Å²) in [5.41, 5.74) is 0. The van der Waals surface area contributed by atoms with Crippen molar-refractivity contribution in [3.8, 4) is 0 Å². The molecule has 0 bridgehead atoms. The zero-order chi connectivity index (χ0) is 26.0. The molecule has 184 valence electrons. The van der Waals surface area contributed by atoms with Crippen molar-refractivity contribution >= 4 is 133 Å². The molecule has 0 saturated heterocycles. The van der Waals surface area contributed by atoms with Crippen molar-refractivity contribution in [2.24, 2.45) is 0 Å². The van der Waals surface area contributed by atoms with E-state index in [-0.39, 0.29) is 32.0 Å². The number of anilines is 2. The van der Waals surface area contributed by atoms with Gasteiger partial charge in [-0.25, -0.2) is 39.6 Å². The molecule has 0 spiro atoms. The molecule has 0 aliphatic carbocycles. The maximum Gasteiger partial charge on any atom is 0.419 e. The van der Waals surface area contributed by atoms with Crippen LogP contribution in [0.4, 0.5) is 16.4 Å². The highest BCUT2D eigenvalue weighted by Crippen LogP contribution is 2.43. The molecule has 4 heterocycles. The van der Waals surface area contributed by atoms with E-state index in [0.717, 1.165) is 4.90 Å². The van der Waals surface area contributed by atoms with Gasteiger partial charge in [-0.2, -0.15) is 0 Å². The fourth-order valence-electron chi connectivity index (χ4n) is 2.60. The molecule has 4 rings (SSSR count). The van der Waals surface area contributed by atoms with Crippen LogP contribution in [0.25, 0.3) is 0 Å². The topological polar surface area (TPSA) is 118 Å². The van der Waals surface area contributed by atoms with Crippen molar-refractivity contribution in [3.63, 3.8) is 0 Å². The van der Waals surface area contributed by atoms with Gasteiger partial charge in [-0.3, -0.25) is 0 Å². The Morgan fingerprint density at radius 3 is 1.56 bits per heavy atom. The van der Waals surface area contributed by atoms with Crippen LogP contribution in [0.5, 0.6) is 0 Å². The average molecular weight is 825 g/mol. The number of rotatable bonds is 6. The smallest absolute Gasteiger partial charge is 0.419 e. The largest absolute Gasteiger partial charge is 0.464 e. The lowest BCUT2D eigenvalue weighted by molar-refractivity contribution is 0.204. The first-order chi connectivity index (χ1) is 17.2. The molecule has 0 saturated carbocycles. The number of hydrogen-bond acceptors (Lipinski definition) is 9. The van der Waals surface area contributed by atoms with Crippen LogP contribution < -0.4 is 4.90 Å². The van der Waals surface area contributed by atoms with Gasteiger partial charge in [0.1, 0.15) is 27.8 Å². The zero-order valence-corrected chi connectivity index (χ0v) is 26.0. The fourth-order valence-corrected chi connectivity index (χ4v) is 6.74.